The summed E-state index contributed by atoms with van der Waals surface area (Å²) in [6.45, 7) is 0.688. The second kappa shape index (κ2) is 9.63. The minimum absolute atomic E-state index is 0. The summed E-state index contributed by atoms with van der Waals surface area (Å²) in [4.78, 5) is 12.5. The molecule has 0 aromatic heterocycles. The topological polar surface area (TPSA) is 44.4 Å². The number of nitrogens with one attached hydrogen (secondary N) is 2. The predicted molar refractivity (Wildman–Crippen MR) is 72.0 cm³/mol. The van der Waals surface area contributed by atoms with Crippen LogP contribution in [-0.2, 0) is 4.79 Å². The Morgan fingerprint density at radius 3 is 2.53 bits per heavy atom. The number of likely N-dealkylation sites (tertiary alicyclic amines) is 1. The summed E-state index contributed by atoms with van der Waals surface area (Å²) in [5.41, 5.74) is 0. The highest BCUT2D eigenvalue weighted by Crippen LogP contribution is 2.22. The fourth-order valence-electron chi connectivity index (χ4n) is 1.96. The van der Waals surface area contributed by atoms with E-state index in [4.69, 9.17) is 0 Å². The molecule has 116 valence electrons. The summed E-state index contributed by atoms with van der Waals surface area (Å²) < 4.78 is 36.4. The van der Waals surface area contributed by atoms with Crippen LogP contribution in [0.5, 0.6) is 0 Å². The minimum atomic E-state index is -4.13. The third-order valence-electron chi connectivity index (χ3n) is 2.70. The van der Waals surface area contributed by atoms with Crippen LogP contribution >= 0.6 is 24.8 Å². The van der Waals surface area contributed by atoms with Gasteiger partial charge < -0.3 is 10.6 Å². The number of nitrogens with zero attached hydrogens (tertiary/aromatic N) is 1. The summed E-state index contributed by atoms with van der Waals surface area (Å²) in [6.07, 6.45) is -3.43. The van der Waals surface area contributed by atoms with E-state index in [1.165, 1.54) is 4.90 Å². The van der Waals surface area contributed by atoms with Crippen LogP contribution in [0.3, 0.4) is 0 Å². The zero-order valence-corrected chi connectivity index (χ0v) is 12.3. The highest BCUT2D eigenvalue weighted by molar-refractivity contribution is 5.85. The average Bonchev–Trinajstić information content (AvgIpc) is 2.60. The first-order chi connectivity index (χ1) is 7.90. The maximum absolute atomic E-state index is 12.1. The fourth-order valence-corrected chi connectivity index (χ4v) is 1.96. The number of carbonyl (C=O) groups excluding carboxylic acids is 1. The molecule has 0 saturated carbocycles. The number of amides is 1. The molecule has 1 unspecified atom stereocenters. The van der Waals surface area contributed by atoms with Crippen LogP contribution in [0.2, 0.25) is 0 Å². The summed E-state index contributed by atoms with van der Waals surface area (Å²) in [7, 11) is 1.67. The standard InChI is InChI=1S/C10H18F3N3O.2ClH/c1-14-5-9(17)15-4-8-2-3-16(6-8)7-10(11,12)13;;/h8,14H,2-7H2,1H3,(H,15,17);2*1H. The Hall–Kier alpha value is -0.240. The van der Waals surface area contributed by atoms with E-state index in [1.54, 1.807) is 7.05 Å². The van der Waals surface area contributed by atoms with Gasteiger partial charge in [-0.2, -0.15) is 13.2 Å². The van der Waals surface area contributed by atoms with Crippen LogP contribution in [0, 0.1) is 5.92 Å². The van der Waals surface area contributed by atoms with Crippen molar-refractivity contribution in [1.29, 1.82) is 0 Å². The number of likely N-dealkylation sites (N-methyl/N-ethyl adjacent to an activating group) is 1. The Bertz CT molecular complexity index is 267. The summed E-state index contributed by atoms with van der Waals surface area (Å²) in [5, 5.41) is 5.41. The van der Waals surface area contributed by atoms with Crippen LogP contribution in [0.25, 0.3) is 0 Å². The maximum Gasteiger partial charge on any atom is 0.401 e. The van der Waals surface area contributed by atoms with Gasteiger partial charge in [-0.25, -0.2) is 0 Å². The SMILES string of the molecule is CNCC(=O)NCC1CCN(CC(F)(F)F)C1.Cl.Cl. The Morgan fingerprint density at radius 2 is 2.00 bits per heavy atom. The van der Waals surface area contributed by atoms with Crippen molar-refractivity contribution in [3.63, 3.8) is 0 Å². The summed E-state index contributed by atoms with van der Waals surface area (Å²) in [6, 6.07) is 0. The predicted octanol–water partition coefficient (Wildman–Crippen LogP) is 1.05. The summed E-state index contributed by atoms with van der Waals surface area (Å²) in [5.74, 6) is -0.0000671. The van der Waals surface area contributed by atoms with Gasteiger partial charge in [-0.3, -0.25) is 9.69 Å². The molecule has 1 fully saturated rings. The molecule has 0 bridgehead atoms. The van der Waals surface area contributed by atoms with Crippen molar-refractivity contribution in [2.75, 3.05) is 39.8 Å². The van der Waals surface area contributed by atoms with E-state index in [-0.39, 0.29) is 43.2 Å². The quantitative estimate of drug-likeness (QED) is 0.794. The van der Waals surface area contributed by atoms with E-state index < -0.39 is 12.7 Å². The van der Waals surface area contributed by atoms with E-state index in [1.807, 2.05) is 0 Å². The van der Waals surface area contributed by atoms with Crippen molar-refractivity contribution < 1.29 is 18.0 Å². The number of carbonyl (C=O) groups is 1. The lowest BCUT2D eigenvalue weighted by Crippen LogP contribution is -2.37. The Kier molecular flexibility index (Phi) is 10.7. The van der Waals surface area contributed by atoms with Crippen molar-refractivity contribution in [3.8, 4) is 0 Å². The number of rotatable bonds is 5. The van der Waals surface area contributed by atoms with E-state index >= 15 is 0 Å². The van der Waals surface area contributed by atoms with Crippen molar-refractivity contribution in [2.45, 2.75) is 12.6 Å². The van der Waals surface area contributed by atoms with Crippen molar-refractivity contribution in [1.82, 2.24) is 15.5 Å². The molecule has 1 aliphatic rings. The molecule has 1 heterocycles. The molecule has 9 heteroatoms. The van der Waals surface area contributed by atoms with E-state index in [0.717, 1.165) is 0 Å². The molecule has 1 aliphatic heterocycles. The Labute approximate surface area is 123 Å². The molecular formula is C10H20Cl2F3N3O. The number of halogens is 5. The van der Waals surface area contributed by atoms with Gasteiger partial charge in [0.15, 0.2) is 0 Å². The van der Waals surface area contributed by atoms with E-state index in [2.05, 4.69) is 10.6 Å². The van der Waals surface area contributed by atoms with Crippen molar-refractivity contribution in [2.24, 2.45) is 5.92 Å². The normalized spacial score (nSPS) is 19.5. The molecule has 0 aromatic rings. The zero-order valence-electron chi connectivity index (χ0n) is 10.6. The van der Waals surface area contributed by atoms with Crippen molar-refractivity contribution in [3.05, 3.63) is 0 Å². The van der Waals surface area contributed by atoms with Gasteiger partial charge in [0.05, 0.1) is 13.1 Å². The molecule has 0 spiro atoms. The summed E-state index contributed by atoms with van der Waals surface area (Å²) >= 11 is 0. The number of hydrogen-bond donors (Lipinski definition) is 2. The molecule has 1 saturated heterocycles. The van der Waals surface area contributed by atoms with Gasteiger partial charge in [0.25, 0.3) is 0 Å². The lowest BCUT2D eigenvalue weighted by atomic mass is 10.1. The first-order valence-electron chi connectivity index (χ1n) is 5.61. The number of alkyl halides is 3. The van der Waals surface area contributed by atoms with Crippen LogP contribution < -0.4 is 10.6 Å². The van der Waals surface area contributed by atoms with Crippen LogP contribution in [0.15, 0.2) is 0 Å². The second-order valence-electron chi connectivity index (χ2n) is 4.34. The van der Waals surface area contributed by atoms with Gasteiger partial charge >= 0.3 is 6.18 Å². The Morgan fingerprint density at radius 1 is 1.37 bits per heavy atom. The van der Waals surface area contributed by atoms with Gasteiger partial charge in [0, 0.05) is 13.1 Å². The molecule has 1 amide bonds. The second-order valence-corrected chi connectivity index (χ2v) is 4.34. The van der Waals surface area contributed by atoms with Gasteiger partial charge in [0.1, 0.15) is 0 Å². The van der Waals surface area contributed by atoms with Gasteiger partial charge in [0.2, 0.25) is 5.91 Å². The average molecular weight is 326 g/mol. The third-order valence-corrected chi connectivity index (χ3v) is 2.70. The number of hydrogen-bond acceptors (Lipinski definition) is 3. The monoisotopic (exact) mass is 325 g/mol. The maximum atomic E-state index is 12.1. The van der Waals surface area contributed by atoms with E-state index in [9.17, 15) is 18.0 Å². The lowest BCUT2D eigenvalue weighted by Gasteiger charge is -2.17. The highest BCUT2D eigenvalue weighted by Gasteiger charge is 2.34. The lowest BCUT2D eigenvalue weighted by molar-refractivity contribution is -0.143. The van der Waals surface area contributed by atoms with Gasteiger partial charge in [-0.15, -0.1) is 24.8 Å². The largest absolute Gasteiger partial charge is 0.401 e. The smallest absolute Gasteiger partial charge is 0.355 e. The molecule has 4 nitrogen and oxygen atoms in total. The Balaban J connectivity index is 0. The molecule has 19 heavy (non-hydrogen) atoms. The van der Waals surface area contributed by atoms with Crippen LogP contribution in [0.4, 0.5) is 13.2 Å². The molecule has 0 radical (unpaired) electrons. The molecule has 2 N–H and O–H groups in total. The first kappa shape index (κ1) is 21.1. The molecular weight excluding hydrogens is 306 g/mol. The minimum Gasteiger partial charge on any atom is -0.355 e. The van der Waals surface area contributed by atoms with Gasteiger partial charge in [-0.1, -0.05) is 0 Å². The van der Waals surface area contributed by atoms with Gasteiger partial charge in [-0.05, 0) is 25.9 Å². The highest BCUT2D eigenvalue weighted by atomic mass is 35.5. The third kappa shape index (κ3) is 9.32. The van der Waals surface area contributed by atoms with E-state index in [0.29, 0.717) is 26.1 Å². The molecule has 0 aliphatic carbocycles. The first-order valence-corrected chi connectivity index (χ1v) is 5.61. The van der Waals surface area contributed by atoms with Crippen LogP contribution in [0.1, 0.15) is 6.42 Å². The molecule has 1 rings (SSSR count). The van der Waals surface area contributed by atoms with Crippen LogP contribution in [-0.4, -0.2) is 56.8 Å². The van der Waals surface area contributed by atoms with Crippen molar-refractivity contribution >= 4 is 30.7 Å². The molecule has 0 aromatic carbocycles. The fraction of sp³-hybridized carbons (Fsp3) is 0.900. The zero-order chi connectivity index (χ0) is 12.9. The molecule has 1 atom stereocenters.